The van der Waals surface area contributed by atoms with Crippen molar-refractivity contribution in [3.05, 3.63) is 35.0 Å². The van der Waals surface area contributed by atoms with Gasteiger partial charge in [-0.05, 0) is 18.9 Å². The van der Waals surface area contributed by atoms with Crippen molar-refractivity contribution in [1.29, 1.82) is 0 Å². The summed E-state index contributed by atoms with van der Waals surface area (Å²) < 4.78 is 1.46. The lowest BCUT2D eigenvalue weighted by atomic mass is 10.1. The molecule has 10 nitrogen and oxygen atoms in total. The lowest BCUT2D eigenvalue weighted by Crippen LogP contribution is -2.38. The van der Waals surface area contributed by atoms with Gasteiger partial charge in [0.1, 0.15) is 18.0 Å². The highest BCUT2D eigenvalue weighted by atomic mass is 16.3. The van der Waals surface area contributed by atoms with Crippen LogP contribution in [0.4, 0.5) is 17.6 Å². The number of anilines is 3. The highest BCUT2D eigenvalue weighted by Crippen LogP contribution is 2.19. The third-order valence-electron chi connectivity index (χ3n) is 3.88. The van der Waals surface area contributed by atoms with Gasteiger partial charge in [0.2, 0.25) is 11.7 Å². The van der Waals surface area contributed by atoms with E-state index in [1.54, 1.807) is 12.3 Å². The molecule has 3 aromatic heterocycles. The molecule has 10 heteroatoms. The van der Waals surface area contributed by atoms with Gasteiger partial charge in [-0.15, -0.1) is 0 Å². The Morgan fingerprint density at radius 2 is 2.29 bits per heavy atom. The van der Waals surface area contributed by atoms with Gasteiger partial charge in [0.15, 0.2) is 0 Å². The molecule has 1 fully saturated rings. The monoisotopic (exact) mass is 328 g/mol. The second-order valence-corrected chi connectivity index (χ2v) is 5.62. The van der Waals surface area contributed by atoms with Crippen molar-refractivity contribution < 1.29 is 5.11 Å². The Labute approximate surface area is 136 Å². The van der Waals surface area contributed by atoms with Crippen LogP contribution in [0.5, 0.6) is 0 Å². The Morgan fingerprint density at radius 3 is 3.17 bits per heavy atom. The van der Waals surface area contributed by atoms with E-state index >= 15 is 0 Å². The van der Waals surface area contributed by atoms with Crippen LogP contribution < -0.4 is 15.8 Å². The first-order chi connectivity index (χ1) is 11.7. The molecule has 1 aliphatic heterocycles. The van der Waals surface area contributed by atoms with Crippen molar-refractivity contribution in [2.45, 2.75) is 18.9 Å². The Bertz CT molecular complexity index is 920. The fraction of sp³-hybridized carbons (Fsp3) is 0.357. The van der Waals surface area contributed by atoms with Crippen molar-refractivity contribution >= 4 is 23.4 Å². The van der Waals surface area contributed by atoms with Gasteiger partial charge in [0.25, 0.3) is 5.56 Å². The fourth-order valence-electron chi connectivity index (χ4n) is 2.79. The van der Waals surface area contributed by atoms with Crippen LogP contribution in [0.1, 0.15) is 12.8 Å². The number of H-pyrrole nitrogens is 1. The van der Waals surface area contributed by atoms with E-state index in [0.717, 1.165) is 25.2 Å². The number of nitrogens with zero attached hydrogens (tertiary/aromatic N) is 6. The van der Waals surface area contributed by atoms with Gasteiger partial charge in [-0.25, -0.2) is 4.98 Å². The molecule has 0 amide bonds. The maximum atomic E-state index is 11.7. The molecule has 3 N–H and O–H groups in total. The Kier molecular flexibility index (Phi) is 3.58. The van der Waals surface area contributed by atoms with Gasteiger partial charge in [-0.1, -0.05) is 0 Å². The number of hydrogen-bond donors (Lipinski definition) is 3. The van der Waals surface area contributed by atoms with Crippen molar-refractivity contribution in [1.82, 2.24) is 29.5 Å². The molecule has 0 bridgehead atoms. The van der Waals surface area contributed by atoms with E-state index in [1.165, 1.54) is 16.9 Å². The summed E-state index contributed by atoms with van der Waals surface area (Å²) in [7, 11) is 0. The molecule has 4 heterocycles. The zero-order chi connectivity index (χ0) is 16.5. The van der Waals surface area contributed by atoms with Crippen LogP contribution in [-0.4, -0.2) is 53.9 Å². The summed E-state index contributed by atoms with van der Waals surface area (Å²) in [5.41, 5.74) is -0.298. The molecular weight excluding hydrogens is 312 g/mol. The second kappa shape index (κ2) is 5.89. The summed E-state index contributed by atoms with van der Waals surface area (Å²) in [5.74, 6) is 1.82. The second-order valence-electron chi connectivity index (χ2n) is 5.62. The lowest BCUT2D eigenvalue weighted by molar-refractivity contribution is 0.154. The predicted molar refractivity (Wildman–Crippen MR) is 86.4 cm³/mol. The molecule has 4 rings (SSSR count). The zero-order valence-electron chi connectivity index (χ0n) is 12.8. The van der Waals surface area contributed by atoms with E-state index < -0.39 is 0 Å². The summed E-state index contributed by atoms with van der Waals surface area (Å²) in [4.78, 5) is 28.9. The molecule has 1 aliphatic rings. The molecule has 0 aromatic carbocycles. The van der Waals surface area contributed by atoms with Gasteiger partial charge in [0, 0.05) is 25.4 Å². The van der Waals surface area contributed by atoms with E-state index in [9.17, 15) is 9.90 Å². The Hall–Kier alpha value is -3.01. The maximum Gasteiger partial charge on any atom is 0.254 e. The number of aromatic amines is 1. The fourth-order valence-corrected chi connectivity index (χ4v) is 2.79. The third-order valence-corrected chi connectivity index (χ3v) is 3.88. The number of fused-ring (bicyclic) bond motifs is 1. The van der Waals surface area contributed by atoms with Gasteiger partial charge >= 0.3 is 0 Å². The number of piperidine rings is 1. The van der Waals surface area contributed by atoms with Crippen LogP contribution in [0.3, 0.4) is 0 Å². The van der Waals surface area contributed by atoms with E-state index in [1.807, 2.05) is 4.90 Å². The number of hydrogen-bond acceptors (Lipinski definition) is 8. The molecule has 124 valence electrons. The molecule has 1 saturated heterocycles. The number of β-amino-alcohol motifs (C(OH)–C–C–N with tert-alkyl or cyclic N) is 1. The quantitative estimate of drug-likeness (QED) is 0.609. The molecule has 0 aliphatic carbocycles. The van der Waals surface area contributed by atoms with E-state index in [4.69, 9.17) is 0 Å². The number of nitrogens with one attached hydrogen (secondary N) is 2. The third kappa shape index (κ3) is 2.78. The number of aliphatic hydroxyl groups excluding tert-OH is 1. The van der Waals surface area contributed by atoms with E-state index in [-0.39, 0.29) is 11.7 Å². The average Bonchev–Trinajstić information content (AvgIpc) is 3.03. The van der Waals surface area contributed by atoms with Gasteiger partial charge in [-0.2, -0.15) is 19.6 Å². The van der Waals surface area contributed by atoms with Crippen molar-refractivity contribution in [2.75, 3.05) is 23.3 Å². The van der Waals surface area contributed by atoms with E-state index in [0.29, 0.717) is 24.1 Å². The normalized spacial score (nSPS) is 18.0. The maximum absolute atomic E-state index is 11.7. The topological polar surface area (TPSA) is 124 Å². The lowest BCUT2D eigenvalue weighted by Gasteiger charge is -2.31. The summed E-state index contributed by atoms with van der Waals surface area (Å²) in [5, 5.41) is 16.9. The van der Waals surface area contributed by atoms with E-state index in [2.05, 4.69) is 30.4 Å². The average molecular weight is 328 g/mol. The first-order valence-electron chi connectivity index (χ1n) is 7.65. The summed E-state index contributed by atoms with van der Waals surface area (Å²) in [6.45, 7) is 1.39. The van der Waals surface area contributed by atoms with Crippen LogP contribution in [0.25, 0.3) is 5.78 Å². The first-order valence-corrected chi connectivity index (χ1v) is 7.65. The molecule has 1 unspecified atom stereocenters. The van der Waals surface area contributed by atoms with Crippen LogP contribution in [0, 0.1) is 0 Å². The van der Waals surface area contributed by atoms with Crippen LogP contribution in [-0.2, 0) is 0 Å². The zero-order valence-corrected chi connectivity index (χ0v) is 12.8. The number of aromatic nitrogens is 6. The minimum absolute atomic E-state index is 0.298. The smallest absolute Gasteiger partial charge is 0.254 e. The highest BCUT2D eigenvalue weighted by Gasteiger charge is 2.19. The molecular formula is C14H16N8O2. The van der Waals surface area contributed by atoms with Gasteiger partial charge in [0.05, 0.1) is 6.10 Å². The predicted octanol–water partition coefficient (Wildman–Crippen LogP) is -0.0877. The Morgan fingerprint density at radius 1 is 1.38 bits per heavy atom. The molecule has 0 radical (unpaired) electrons. The standard InChI is InChI=1S/C14H16N8O2/c23-9-2-1-5-21(7-9)10-3-4-15-13(18-10)19-11-6-12(24)20-14-16-8-17-22(11)14/h3-4,6,8-9,23H,1-2,5,7H2,(H,15,18,19)(H,16,17,20,24). The molecule has 24 heavy (non-hydrogen) atoms. The minimum atomic E-state index is -0.340. The summed E-state index contributed by atoms with van der Waals surface area (Å²) in [6, 6.07) is 3.16. The Balaban J connectivity index is 1.64. The van der Waals surface area contributed by atoms with Crippen LogP contribution in [0.2, 0.25) is 0 Å². The van der Waals surface area contributed by atoms with Crippen molar-refractivity contribution in [3.63, 3.8) is 0 Å². The van der Waals surface area contributed by atoms with Gasteiger partial charge in [-0.3, -0.25) is 9.78 Å². The van der Waals surface area contributed by atoms with Crippen molar-refractivity contribution in [3.8, 4) is 0 Å². The first kappa shape index (κ1) is 14.6. The number of aliphatic hydroxyl groups is 1. The highest BCUT2D eigenvalue weighted by molar-refractivity contribution is 5.53. The minimum Gasteiger partial charge on any atom is -0.391 e. The molecule has 0 saturated carbocycles. The molecule has 3 aromatic rings. The largest absolute Gasteiger partial charge is 0.391 e. The molecule has 0 spiro atoms. The van der Waals surface area contributed by atoms with Crippen LogP contribution in [0.15, 0.2) is 29.5 Å². The number of rotatable bonds is 3. The summed E-state index contributed by atoms with van der Waals surface area (Å²) >= 11 is 0. The SMILES string of the molecule is O=c1cc(Nc2nccc(N3CCCC(O)C3)n2)n2ncnc2[nH]1. The van der Waals surface area contributed by atoms with Crippen molar-refractivity contribution in [2.24, 2.45) is 0 Å². The van der Waals surface area contributed by atoms with Gasteiger partial charge < -0.3 is 15.3 Å². The van der Waals surface area contributed by atoms with Crippen LogP contribution >= 0.6 is 0 Å². The summed E-state index contributed by atoms with van der Waals surface area (Å²) in [6.07, 6.45) is 4.37. The molecule has 1 atom stereocenters.